The molecule has 0 fully saturated rings. The molecule has 0 spiro atoms. The number of halogens is 1. The van der Waals surface area contributed by atoms with Crippen LogP contribution in [0.25, 0.3) is 0 Å². The van der Waals surface area contributed by atoms with E-state index in [2.05, 4.69) is 11.4 Å². The predicted molar refractivity (Wildman–Crippen MR) is 123 cm³/mol. The first kappa shape index (κ1) is 24.2. The summed E-state index contributed by atoms with van der Waals surface area (Å²) in [6, 6.07) is 14.5. The second-order valence-corrected chi connectivity index (χ2v) is 7.35. The van der Waals surface area contributed by atoms with Crippen LogP contribution >= 0.6 is 11.6 Å². The maximum atomic E-state index is 13.0. The van der Waals surface area contributed by atoms with E-state index in [9.17, 15) is 9.59 Å². The molecule has 31 heavy (non-hydrogen) atoms. The highest BCUT2D eigenvalue weighted by atomic mass is 35.5. The highest BCUT2D eigenvalue weighted by Gasteiger charge is 2.20. The number of nitriles is 1. The van der Waals surface area contributed by atoms with Crippen molar-refractivity contribution in [3.8, 4) is 11.8 Å². The van der Waals surface area contributed by atoms with Crippen molar-refractivity contribution in [1.29, 1.82) is 5.26 Å². The second-order valence-electron chi connectivity index (χ2n) is 6.94. The van der Waals surface area contributed by atoms with Crippen LogP contribution in [-0.2, 0) is 9.59 Å². The highest BCUT2D eigenvalue weighted by molar-refractivity contribution is 6.31. The molecule has 0 unspecified atom stereocenters. The summed E-state index contributed by atoms with van der Waals surface area (Å²) in [4.78, 5) is 28.9. The summed E-state index contributed by atoms with van der Waals surface area (Å²) in [7, 11) is 1.54. The van der Waals surface area contributed by atoms with Crippen molar-refractivity contribution in [2.45, 2.75) is 20.3 Å². The summed E-state index contributed by atoms with van der Waals surface area (Å²) in [5, 5.41) is 12.4. The van der Waals surface area contributed by atoms with Crippen LogP contribution in [0.5, 0.6) is 5.75 Å². The van der Waals surface area contributed by atoms with Gasteiger partial charge in [0, 0.05) is 17.3 Å². The van der Waals surface area contributed by atoms with Gasteiger partial charge in [-0.1, -0.05) is 30.7 Å². The van der Waals surface area contributed by atoms with Gasteiger partial charge in [-0.05, 0) is 49.4 Å². The number of carbonyl (C=O) groups is 2. The molecule has 0 radical (unpaired) electrons. The molecule has 1 N–H and O–H groups in total. The van der Waals surface area contributed by atoms with Crippen LogP contribution in [0.15, 0.2) is 42.5 Å². The number of likely N-dealkylation sites (N-methyl/N-ethyl adjacent to an activating group) is 1. The van der Waals surface area contributed by atoms with Gasteiger partial charge in [-0.3, -0.25) is 14.5 Å². The largest absolute Gasteiger partial charge is 0.495 e. The summed E-state index contributed by atoms with van der Waals surface area (Å²) in [6.07, 6.45) is 0.202. The van der Waals surface area contributed by atoms with Crippen LogP contribution < -0.4 is 15.0 Å². The number of para-hydroxylation sites is 2. The molecule has 0 aliphatic rings. The highest BCUT2D eigenvalue weighted by Crippen LogP contribution is 2.24. The number of amides is 2. The number of hydrogen-bond donors (Lipinski definition) is 1. The van der Waals surface area contributed by atoms with E-state index < -0.39 is 0 Å². The quantitative estimate of drug-likeness (QED) is 0.603. The molecule has 8 heteroatoms. The fourth-order valence-electron chi connectivity index (χ4n) is 3.05. The Balaban J connectivity index is 2.08. The molecule has 2 aromatic carbocycles. The molecule has 2 amide bonds. The fraction of sp³-hybridized carbons (Fsp3) is 0.348. The van der Waals surface area contributed by atoms with Crippen molar-refractivity contribution in [3.63, 3.8) is 0 Å². The Morgan fingerprint density at radius 1 is 1.19 bits per heavy atom. The van der Waals surface area contributed by atoms with Crippen molar-refractivity contribution >= 4 is 34.8 Å². The third-order valence-corrected chi connectivity index (χ3v) is 5.18. The summed E-state index contributed by atoms with van der Waals surface area (Å²) in [5.74, 6) is 0.129. The zero-order valence-electron chi connectivity index (χ0n) is 18.0. The molecule has 0 saturated carbocycles. The molecule has 2 aromatic rings. The van der Waals surface area contributed by atoms with Gasteiger partial charge < -0.3 is 15.0 Å². The van der Waals surface area contributed by atoms with Gasteiger partial charge in [0.2, 0.25) is 11.8 Å². The zero-order chi connectivity index (χ0) is 22.8. The smallest absolute Gasteiger partial charge is 0.241 e. The first-order valence-corrected chi connectivity index (χ1v) is 10.4. The van der Waals surface area contributed by atoms with Crippen molar-refractivity contribution in [3.05, 3.63) is 53.1 Å². The van der Waals surface area contributed by atoms with E-state index >= 15 is 0 Å². The fourth-order valence-corrected chi connectivity index (χ4v) is 3.17. The van der Waals surface area contributed by atoms with Crippen LogP contribution in [0.2, 0.25) is 5.02 Å². The molecular weight excluding hydrogens is 416 g/mol. The minimum Gasteiger partial charge on any atom is -0.495 e. The van der Waals surface area contributed by atoms with E-state index in [1.807, 2.05) is 26.0 Å². The second kappa shape index (κ2) is 11.9. The Kier molecular flexibility index (Phi) is 9.32. The van der Waals surface area contributed by atoms with Crippen molar-refractivity contribution < 1.29 is 14.3 Å². The number of rotatable bonds is 10. The van der Waals surface area contributed by atoms with Gasteiger partial charge in [0.05, 0.1) is 38.4 Å². The van der Waals surface area contributed by atoms with Crippen LogP contribution in [0.1, 0.15) is 18.9 Å². The molecule has 0 aliphatic heterocycles. The molecule has 0 saturated heterocycles. The molecule has 7 nitrogen and oxygen atoms in total. The van der Waals surface area contributed by atoms with Gasteiger partial charge in [0.1, 0.15) is 5.75 Å². The minimum absolute atomic E-state index is 0.0446. The summed E-state index contributed by atoms with van der Waals surface area (Å²) in [5.41, 5.74) is 2.10. The SMILES string of the molecule is CCN(CC(=O)Nc1ccccc1OC)CC(=O)N(CCC#N)c1ccc(Cl)c(C)c1. The third kappa shape index (κ3) is 6.99. The number of benzene rings is 2. The number of nitrogens with one attached hydrogen (secondary N) is 1. The Hall–Kier alpha value is -3.08. The third-order valence-electron chi connectivity index (χ3n) is 4.76. The maximum Gasteiger partial charge on any atom is 0.241 e. The van der Waals surface area contributed by atoms with E-state index in [1.165, 1.54) is 7.11 Å². The Bertz CT molecular complexity index is 958. The molecule has 164 valence electrons. The standard InChI is InChI=1S/C23H27ClN4O3/c1-4-27(15-22(29)26-20-8-5-6-9-21(20)31-3)16-23(30)28(13-7-12-25)18-10-11-19(24)17(2)14-18/h5-6,8-11,14H,4,7,13,15-16H2,1-3H3,(H,26,29). The lowest BCUT2D eigenvalue weighted by atomic mass is 10.2. The number of ether oxygens (including phenoxy) is 1. The van der Waals surface area contributed by atoms with Crippen LogP contribution in [0.4, 0.5) is 11.4 Å². The maximum absolute atomic E-state index is 13.0. The summed E-state index contributed by atoms with van der Waals surface area (Å²) >= 11 is 6.10. The Labute approximate surface area is 188 Å². The number of nitrogens with zero attached hydrogens (tertiary/aromatic N) is 3. The Morgan fingerprint density at radius 2 is 1.94 bits per heavy atom. The van der Waals surface area contributed by atoms with E-state index in [4.69, 9.17) is 21.6 Å². The predicted octanol–water partition coefficient (Wildman–Crippen LogP) is 3.86. The molecular formula is C23H27ClN4O3. The lowest BCUT2D eigenvalue weighted by Crippen LogP contribution is -2.43. The molecule has 0 aliphatic carbocycles. The van der Waals surface area contributed by atoms with Gasteiger partial charge in [-0.25, -0.2) is 0 Å². The molecule has 0 aromatic heterocycles. The lowest BCUT2D eigenvalue weighted by Gasteiger charge is -2.26. The van der Waals surface area contributed by atoms with E-state index in [1.54, 1.807) is 40.1 Å². The number of carbonyl (C=O) groups excluding carboxylic acids is 2. The molecule has 0 heterocycles. The Morgan fingerprint density at radius 3 is 2.58 bits per heavy atom. The van der Waals surface area contributed by atoms with Crippen molar-refractivity contribution in [2.75, 3.05) is 43.5 Å². The number of aryl methyl sites for hydroxylation is 1. The van der Waals surface area contributed by atoms with Gasteiger partial charge in [-0.2, -0.15) is 5.26 Å². The van der Waals surface area contributed by atoms with E-state index in [-0.39, 0.29) is 37.9 Å². The van der Waals surface area contributed by atoms with E-state index in [0.29, 0.717) is 28.7 Å². The first-order valence-electron chi connectivity index (χ1n) is 9.98. The summed E-state index contributed by atoms with van der Waals surface area (Å²) < 4.78 is 5.25. The van der Waals surface area contributed by atoms with Crippen molar-refractivity contribution in [1.82, 2.24) is 4.90 Å². The van der Waals surface area contributed by atoms with Crippen LogP contribution in [0, 0.1) is 18.3 Å². The minimum atomic E-state index is -0.245. The van der Waals surface area contributed by atoms with E-state index in [0.717, 1.165) is 5.56 Å². The molecule has 0 bridgehead atoms. The van der Waals surface area contributed by atoms with Crippen molar-refractivity contribution in [2.24, 2.45) is 0 Å². The van der Waals surface area contributed by atoms with Gasteiger partial charge in [0.15, 0.2) is 0 Å². The number of hydrogen-bond acceptors (Lipinski definition) is 5. The normalized spacial score (nSPS) is 10.5. The van der Waals surface area contributed by atoms with Crippen LogP contribution in [-0.4, -0.2) is 50.0 Å². The molecule has 2 rings (SSSR count). The average molecular weight is 443 g/mol. The zero-order valence-corrected chi connectivity index (χ0v) is 18.8. The van der Waals surface area contributed by atoms with Gasteiger partial charge in [0.25, 0.3) is 0 Å². The van der Waals surface area contributed by atoms with Gasteiger partial charge >= 0.3 is 0 Å². The lowest BCUT2D eigenvalue weighted by molar-refractivity contribution is -0.121. The topological polar surface area (TPSA) is 85.7 Å². The van der Waals surface area contributed by atoms with Gasteiger partial charge in [-0.15, -0.1) is 0 Å². The number of methoxy groups -OCH3 is 1. The summed E-state index contributed by atoms with van der Waals surface area (Å²) in [6.45, 7) is 4.61. The van der Waals surface area contributed by atoms with Crippen LogP contribution in [0.3, 0.4) is 0 Å². The average Bonchev–Trinajstić information content (AvgIpc) is 2.76. The molecule has 0 atom stereocenters. The first-order chi connectivity index (χ1) is 14.9. The monoisotopic (exact) mass is 442 g/mol. The number of anilines is 2.